The molecule has 100 valence electrons. The Morgan fingerprint density at radius 2 is 2.00 bits per heavy atom. The predicted octanol–water partition coefficient (Wildman–Crippen LogP) is 4.22. The van der Waals surface area contributed by atoms with Crippen molar-refractivity contribution in [2.75, 3.05) is 0 Å². The van der Waals surface area contributed by atoms with Gasteiger partial charge in [0, 0.05) is 12.1 Å². The van der Waals surface area contributed by atoms with Crippen molar-refractivity contribution >= 4 is 17.3 Å². The van der Waals surface area contributed by atoms with Crippen LogP contribution < -0.4 is 4.74 Å². The van der Waals surface area contributed by atoms with Gasteiger partial charge in [0.25, 0.3) is 5.69 Å². The van der Waals surface area contributed by atoms with Gasteiger partial charge in [-0.1, -0.05) is 17.7 Å². The van der Waals surface area contributed by atoms with Gasteiger partial charge in [-0.2, -0.15) is 5.26 Å². The fraction of sp³-hybridized carbons (Fsp3) is 0.0714. The van der Waals surface area contributed by atoms with Crippen molar-refractivity contribution in [3.05, 3.63) is 62.7 Å². The number of non-ortho nitro benzene ring substituents is 1. The number of nitriles is 1. The highest BCUT2D eigenvalue weighted by Crippen LogP contribution is 2.33. The SMILES string of the molecule is Cc1ccc(C#N)c(Oc2ccc([N+](=O)[O-])cc2Cl)c1. The summed E-state index contributed by atoms with van der Waals surface area (Å²) in [6.07, 6.45) is 0. The van der Waals surface area contributed by atoms with Gasteiger partial charge >= 0.3 is 0 Å². The van der Waals surface area contributed by atoms with Gasteiger partial charge in [0.05, 0.1) is 15.5 Å². The lowest BCUT2D eigenvalue weighted by Crippen LogP contribution is -1.92. The average molecular weight is 289 g/mol. The van der Waals surface area contributed by atoms with Gasteiger partial charge in [-0.25, -0.2) is 0 Å². The summed E-state index contributed by atoms with van der Waals surface area (Å²) in [6.45, 7) is 1.87. The Hall–Kier alpha value is -2.58. The monoisotopic (exact) mass is 288 g/mol. The fourth-order valence-electron chi connectivity index (χ4n) is 1.61. The minimum Gasteiger partial charge on any atom is -0.454 e. The second-order valence-electron chi connectivity index (χ2n) is 4.09. The van der Waals surface area contributed by atoms with E-state index >= 15 is 0 Å². The molecule has 0 bridgehead atoms. The molecule has 0 saturated heterocycles. The van der Waals surface area contributed by atoms with Crippen LogP contribution in [-0.2, 0) is 0 Å². The standard InChI is InChI=1S/C14H9ClN2O3/c1-9-2-3-10(8-16)14(6-9)20-13-5-4-11(17(18)19)7-12(13)15/h2-7H,1H3. The van der Waals surface area contributed by atoms with Crippen LogP contribution in [0, 0.1) is 28.4 Å². The quantitative estimate of drug-likeness (QED) is 0.626. The highest BCUT2D eigenvalue weighted by molar-refractivity contribution is 6.32. The van der Waals surface area contributed by atoms with Crippen LogP contribution in [0.1, 0.15) is 11.1 Å². The zero-order valence-electron chi connectivity index (χ0n) is 10.5. The molecule has 0 radical (unpaired) electrons. The molecule has 0 saturated carbocycles. The van der Waals surface area contributed by atoms with Crippen LogP contribution in [0.4, 0.5) is 5.69 Å². The zero-order chi connectivity index (χ0) is 14.7. The van der Waals surface area contributed by atoms with Crippen molar-refractivity contribution in [3.63, 3.8) is 0 Å². The first-order valence-electron chi connectivity index (χ1n) is 5.64. The maximum absolute atomic E-state index is 10.6. The molecule has 0 unspecified atom stereocenters. The van der Waals surface area contributed by atoms with Gasteiger partial charge in [0.1, 0.15) is 17.6 Å². The minimum atomic E-state index is -0.539. The number of aryl methyl sites for hydroxylation is 1. The zero-order valence-corrected chi connectivity index (χ0v) is 11.2. The van der Waals surface area contributed by atoms with E-state index in [4.69, 9.17) is 21.6 Å². The molecule has 0 N–H and O–H groups in total. The molecule has 6 heteroatoms. The molecule has 0 aliphatic carbocycles. The third-order valence-electron chi connectivity index (χ3n) is 2.60. The summed E-state index contributed by atoms with van der Waals surface area (Å²) in [5.41, 5.74) is 1.18. The Morgan fingerprint density at radius 3 is 2.60 bits per heavy atom. The number of nitro benzene ring substituents is 1. The molecule has 0 aliphatic heterocycles. The molecule has 2 rings (SSSR count). The molecular weight excluding hydrogens is 280 g/mol. The molecule has 2 aromatic carbocycles. The molecule has 0 fully saturated rings. The average Bonchev–Trinajstić information content (AvgIpc) is 2.41. The van der Waals surface area contributed by atoms with Crippen LogP contribution in [0.15, 0.2) is 36.4 Å². The number of hydrogen-bond acceptors (Lipinski definition) is 4. The number of rotatable bonds is 3. The van der Waals surface area contributed by atoms with Crippen molar-refractivity contribution in [1.82, 2.24) is 0 Å². The lowest BCUT2D eigenvalue weighted by molar-refractivity contribution is -0.384. The number of ether oxygens (including phenoxy) is 1. The second kappa shape index (κ2) is 5.59. The molecule has 0 atom stereocenters. The smallest absolute Gasteiger partial charge is 0.271 e. The van der Waals surface area contributed by atoms with Crippen LogP contribution in [0.2, 0.25) is 5.02 Å². The lowest BCUT2D eigenvalue weighted by Gasteiger charge is -2.09. The topological polar surface area (TPSA) is 76.2 Å². The third-order valence-corrected chi connectivity index (χ3v) is 2.90. The van der Waals surface area contributed by atoms with Crippen molar-refractivity contribution in [2.45, 2.75) is 6.92 Å². The van der Waals surface area contributed by atoms with Crippen molar-refractivity contribution in [1.29, 1.82) is 5.26 Å². The van der Waals surface area contributed by atoms with Gasteiger partial charge in [0.2, 0.25) is 0 Å². The van der Waals surface area contributed by atoms with Gasteiger partial charge in [-0.05, 0) is 30.7 Å². The highest BCUT2D eigenvalue weighted by atomic mass is 35.5. The molecule has 0 heterocycles. The van der Waals surface area contributed by atoms with Crippen molar-refractivity contribution in [3.8, 4) is 17.6 Å². The summed E-state index contributed by atoms with van der Waals surface area (Å²) in [4.78, 5) is 10.1. The van der Waals surface area contributed by atoms with E-state index in [0.29, 0.717) is 11.3 Å². The largest absolute Gasteiger partial charge is 0.454 e. The van der Waals surface area contributed by atoms with Gasteiger partial charge < -0.3 is 4.74 Å². The Balaban J connectivity index is 2.38. The van der Waals surface area contributed by atoms with Crippen LogP contribution in [0.3, 0.4) is 0 Å². The second-order valence-corrected chi connectivity index (χ2v) is 4.49. The lowest BCUT2D eigenvalue weighted by atomic mass is 10.1. The van der Waals surface area contributed by atoms with E-state index in [1.807, 2.05) is 13.0 Å². The third kappa shape index (κ3) is 2.87. The molecule has 0 amide bonds. The van der Waals surface area contributed by atoms with Crippen LogP contribution >= 0.6 is 11.6 Å². The number of halogens is 1. The van der Waals surface area contributed by atoms with E-state index in [2.05, 4.69) is 0 Å². The molecule has 5 nitrogen and oxygen atoms in total. The maximum Gasteiger partial charge on any atom is 0.271 e. The van der Waals surface area contributed by atoms with Gasteiger partial charge in [-0.15, -0.1) is 0 Å². The van der Waals surface area contributed by atoms with Gasteiger partial charge in [-0.3, -0.25) is 10.1 Å². The Labute approximate surface area is 120 Å². The summed E-state index contributed by atoms with van der Waals surface area (Å²) in [6, 6.07) is 11.1. The summed E-state index contributed by atoms with van der Waals surface area (Å²) < 4.78 is 5.57. The van der Waals surface area contributed by atoms with E-state index in [0.717, 1.165) is 5.56 Å². The molecule has 0 aliphatic rings. The Bertz CT molecular complexity index is 723. The van der Waals surface area contributed by atoms with Crippen molar-refractivity contribution in [2.24, 2.45) is 0 Å². The molecule has 0 aromatic heterocycles. The van der Waals surface area contributed by atoms with Crippen LogP contribution in [0.5, 0.6) is 11.5 Å². The molecular formula is C14H9ClN2O3. The number of nitrogens with zero attached hydrogens (tertiary/aromatic N) is 2. The first kappa shape index (κ1) is 13.8. The van der Waals surface area contributed by atoms with E-state index in [-0.39, 0.29) is 16.5 Å². The number of nitro groups is 1. The van der Waals surface area contributed by atoms with E-state index in [9.17, 15) is 10.1 Å². The van der Waals surface area contributed by atoms with E-state index < -0.39 is 4.92 Å². The summed E-state index contributed by atoms with van der Waals surface area (Å²) in [7, 11) is 0. The predicted molar refractivity (Wildman–Crippen MR) is 74.1 cm³/mol. The highest BCUT2D eigenvalue weighted by Gasteiger charge is 2.12. The van der Waals surface area contributed by atoms with E-state index in [1.165, 1.54) is 18.2 Å². The first-order valence-corrected chi connectivity index (χ1v) is 6.01. The van der Waals surface area contributed by atoms with Crippen molar-refractivity contribution < 1.29 is 9.66 Å². The van der Waals surface area contributed by atoms with Gasteiger partial charge in [0.15, 0.2) is 0 Å². The Kier molecular flexibility index (Phi) is 3.87. The summed E-state index contributed by atoms with van der Waals surface area (Å²) in [5.74, 6) is 0.627. The Morgan fingerprint density at radius 1 is 1.25 bits per heavy atom. The molecule has 20 heavy (non-hydrogen) atoms. The summed E-state index contributed by atoms with van der Waals surface area (Å²) in [5, 5.41) is 19.8. The maximum atomic E-state index is 10.6. The van der Waals surface area contributed by atoms with E-state index in [1.54, 1.807) is 18.2 Å². The fourth-order valence-corrected chi connectivity index (χ4v) is 1.82. The molecule has 2 aromatic rings. The van der Waals surface area contributed by atoms with Crippen LogP contribution in [-0.4, -0.2) is 4.92 Å². The summed E-state index contributed by atoms with van der Waals surface area (Å²) >= 11 is 5.95. The molecule has 0 spiro atoms. The van der Waals surface area contributed by atoms with Crippen LogP contribution in [0.25, 0.3) is 0 Å². The normalized spacial score (nSPS) is 9.85. The minimum absolute atomic E-state index is 0.115. The number of benzene rings is 2. The number of hydrogen-bond donors (Lipinski definition) is 0. The first-order chi connectivity index (χ1) is 9.51.